The lowest BCUT2D eigenvalue weighted by Crippen LogP contribution is -2.53. The molecule has 3 heterocycles. The largest absolute Gasteiger partial charge is 0.465 e. The molecule has 2 fully saturated rings. The maximum absolute atomic E-state index is 13.0. The molecule has 0 saturated carbocycles. The Labute approximate surface area is 173 Å². The number of carbonyl (C=O) groups excluding carboxylic acids is 1. The number of carbonyl (C=O) groups is 1. The van der Waals surface area contributed by atoms with Crippen LogP contribution in [0, 0.1) is 6.92 Å². The summed E-state index contributed by atoms with van der Waals surface area (Å²) >= 11 is 0. The standard InChI is InChI=1S/C20H33N3O5S/c1-3-14-29(25,26)23-9-5-4-6-17(23)20(24)21-15-18(19-8-7-16(2)28-19)22-10-12-27-13-11-22/h7-8,17-18H,3-6,9-15H2,1-2H3,(H,21,24). The summed E-state index contributed by atoms with van der Waals surface area (Å²) in [4.78, 5) is 15.2. The molecular formula is C20H33N3O5S. The van der Waals surface area contributed by atoms with Gasteiger partial charge in [-0.05, 0) is 38.3 Å². The van der Waals surface area contributed by atoms with Crippen molar-refractivity contribution in [3.8, 4) is 0 Å². The van der Waals surface area contributed by atoms with E-state index in [2.05, 4.69) is 10.2 Å². The van der Waals surface area contributed by atoms with Gasteiger partial charge >= 0.3 is 0 Å². The zero-order valence-corrected chi connectivity index (χ0v) is 18.2. The number of sulfonamides is 1. The van der Waals surface area contributed by atoms with Crippen molar-refractivity contribution in [2.75, 3.05) is 45.1 Å². The van der Waals surface area contributed by atoms with Crippen molar-refractivity contribution in [1.82, 2.24) is 14.5 Å². The van der Waals surface area contributed by atoms with Gasteiger partial charge in [0.25, 0.3) is 0 Å². The molecule has 2 atom stereocenters. The van der Waals surface area contributed by atoms with Crippen molar-refractivity contribution in [3.63, 3.8) is 0 Å². The number of ether oxygens (including phenoxy) is 1. The molecule has 2 aliphatic rings. The highest BCUT2D eigenvalue weighted by Crippen LogP contribution is 2.25. The van der Waals surface area contributed by atoms with Crippen LogP contribution in [0.5, 0.6) is 0 Å². The Bertz CT molecular complexity index is 773. The van der Waals surface area contributed by atoms with Crippen molar-refractivity contribution in [1.29, 1.82) is 0 Å². The highest BCUT2D eigenvalue weighted by molar-refractivity contribution is 7.89. The van der Waals surface area contributed by atoms with Crippen molar-refractivity contribution in [2.24, 2.45) is 0 Å². The fourth-order valence-corrected chi connectivity index (χ4v) is 5.87. The van der Waals surface area contributed by atoms with E-state index in [1.54, 1.807) is 0 Å². The summed E-state index contributed by atoms with van der Waals surface area (Å²) in [5, 5.41) is 3.01. The molecule has 9 heteroatoms. The molecule has 2 aliphatic heterocycles. The predicted molar refractivity (Wildman–Crippen MR) is 110 cm³/mol. The van der Waals surface area contributed by atoms with Crippen LogP contribution in [0.1, 0.15) is 50.2 Å². The molecule has 1 amide bonds. The van der Waals surface area contributed by atoms with Gasteiger partial charge in [-0.3, -0.25) is 9.69 Å². The summed E-state index contributed by atoms with van der Waals surface area (Å²) in [6, 6.07) is 3.15. The van der Waals surface area contributed by atoms with Gasteiger partial charge in [0.2, 0.25) is 15.9 Å². The summed E-state index contributed by atoms with van der Waals surface area (Å²) in [7, 11) is -3.41. The second kappa shape index (κ2) is 10.1. The minimum Gasteiger partial charge on any atom is -0.465 e. The first-order valence-electron chi connectivity index (χ1n) is 10.6. The lowest BCUT2D eigenvalue weighted by molar-refractivity contribution is -0.126. The summed E-state index contributed by atoms with van der Waals surface area (Å²) in [6.45, 7) is 7.37. The van der Waals surface area contributed by atoms with E-state index in [1.165, 1.54) is 4.31 Å². The van der Waals surface area contributed by atoms with Crippen LogP contribution in [0.2, 0.25) is 0 Å². The zero-order chi connectivity index (χ0) is 20.9. The van der Waals surface area contributed by atoms with E-state index in [4.69, 9.17) is 9.15 Å². The van der Waals surface area contributed by atoms with Gasteiger partial charge in [-0.1, -0.05) is 13.3 Å². The molecule has 29 heavy (non-hydrogen) atoms. The molecule has 1 aromatic heterocycles. The number of aryl methyl sites for hydroxylation is 1. The average Bonchev–Trinajstić information content (AvgIpc) is 3.15. The number of hydrogen-bond acceptors (Lipinski definition) is 6. The Morgan fingerprint density at radius 3 is 2.66 bits per heavy atom. The SMILES string of the molecule is CCCS(=O)(=O)N1CCCCC1C(=O)NCC(c1ccc(C)o1)N1CCOCC1. The molecule has 0 aromatic carbocycles. The molecule has 164 valence electrons. The van der Waals surface area contributed by atoms with Crippen molar-refractivity contribution < 1.29 is 22.4 Å². The fourth-order valence-electron chi connectivity index (χ4n) is 4.12. The number of hydrogen-bond donors (Lipinski definition) is 1. The van der Waals surface area contributed by atoms with E-state index >= 15 is 0 Å². The molecule has 2 saturated heterocycles. The van der Waals surface area contributed by atoms with Gasteiger partial charge in [0, 0.05) is 26.2 Å². The van der Waals surface area contributed by atoms with Crippen LogP contribution in [-0.4, -0.2) is 74.7 Å². The maximum atomic E-state index is 13.0. The van der Waals surface area contributed by atoms with Crippen LogP contribution >= 0.6 is 0 Å². The Morgan fingerprint density at radius 2 is 2.00 bits per heavy atom. The second-order valence-corrected chi connectivity index (χ2v) is 9.84. The Balaban J connectivity index is 1.69. The van der Waals surface area contributed by atoms with Crippen LogP contribution in [-0.2, 0) is 19.6 Å². The van der Waals surface area contributed by atoms with Crippen molar-refractivity contribution in [3.05, 3.63) is 23.7 Å². The monoisotopic (exact) mass is 427 g/mol. The van der Waals surface area contributed by atoms with Gasteiger partial charge in [0.15, 0.2) is 0 Å². The topological polar surface area (TPSA) is 92.1 Å². The quantitative estimate of drug-likeness (QED) is 0.679. The first-order valence-corrected chi connectivity index (χ1v) is 12.2. The average molecular weight is 428 g/mol. The number of rotatable bonds is 8. The number of nitrogens with one attached hydrogen (secondary N) is 1. The first-order chi connectivity index (χ1) is 13.9. The van der Waals surface area contributed by atoms with E-state index in [0.29, 0.717) is 39.1 Å². The smallest absolute Gasteiger partial charge is 0.238 e. The summed E-state index contributed by atoms with van der Waals surface area (Å²) in [5.41, 5.74) is 0. The Kier molecular flexibility index (Phi) is 7.72. The van der Waals surface area contributed by atoms with Crippen molar-refractivity contribution in [2.45, 2.75) is 51.6 Å². The minimum absolute atomic E-state index is 0.0822. The predicted octanol–water partition coefficient (Wildman–Crippen LogP) is 1.67. The number of amides is 1. The van der Waals surface area contributed by atoms with Crippen LogP contribution in [0.3, 0.4) is 0 Å². The summed E-state index contributed by atoms with van der Waals surface area (Å²) in [5.74, 6) is 1.50. The number of piperidine rings is 1. The minimum atomic E-state index is -3.41. The van der Waals surface area contributed by atoms with Gasteiger partial charge in [0.1, 0.15) is 17.6 Å². The summed E-state index contributed by atoms with van der Waals surface area (Å²) in [6.07, 6.45) is 2.77. The molecule has 8 nitrogen and oxygen atoms in total. The maximum Gasteiger partial charge on any atom is 0.238 e. The third-order valence-corrected chi connectivity index (χ3v) is 7.70. The highest BCUT2D eigenvalue weighted by atomic mass is 32.2. The normalized spacial score (nSPS) is 23.0. The van der Waals surface area contributed by atoms with Gasteiger partial charge in [-0.15, -0.1) is 0 Å². The third kappa shape index (κ3) is 5.59. The van der Waals surface area contributed by atoms with Gasteiger partial charge in [-0.25, -0.2) is 8.42 Å². The molecule has 1 N–H and O–H groups in total. The van der Waals surface area contributed by atoms with Crippen LogP contribution in [0.15, 0.2) is 16.5 Å². The molecular weight excluding hydrogens is 394 g/mol. The summed E-state index contributed by atoms with van der Waals surface area (Å²) < 4.78 is 37.9. The van der Waals surface area contributed by atoms with Gasteiger partial charge < -0.3 is 14.5 Å². The number of nitrogens with zero attached hydrogens (tertiary/aromatic N) is 2. The van der Waals surface area contributed by atoms with Crippen LogP contribution < -0.4 is 5.32 Å². The molecule has 0 aliphatic carbocycles. The fraction of sp³-hybridized carbons (Fsp3) is 0.750. The van der Waals surface area contributed by atoms with Gasteiger partial charge in [-0.2, -0.15) is 4.31 Å². The Morgan fingerprint density at radius 1 is 1.24 bits per heavy atom. The van der Waals surface area contributed by atoms with E-state index < -0.39 is 16.1 Å². The van der Waals surface area contributed by atoms with E-state index in [9.17, 15) is 13.2 Å². The molecule has 1 aromatic rings. The number of furan rings is 1. The zero-order valence-electron chi connectivity index (χ0n) is 17.4. The van der Waals surface area contributed by atoms with Crippen LogP contribution in [0.4, 0.5) is 0 Å². The van der Waals surface area contributed by atoms with E-state index in [0.717, 1.165) is 37.5 Å². The van der Waals surface area contributed by atoms with Gasteiger partial charge in [0.05, 0.1) is 25.0 Å². The lowest BCUT2D eigenvalue weighted by Gasteiger charge is -2.36. The molecule has 0 bridgehead atoms. The molecule has 0 radical (unpaired) electrons. The van der Waals surface area contributed by atoms with Crippen LogP contribution in [0.25, 0.3) is 0 Å². The molecule has 2 unspecified atom stereocenters. The number of morpholine rings is 1. The highest BCUT2D eigenvalue weighted by Gasteiger charge is 2.36. The van der Waals surface area contributed by atoms with E-state index in [-0.39, 0.29) is 17.7 Å². The van der Waals surface area contributed by atoms with Crippen molar-refractivity contribution >= 4 is 15.9 Å². The third-order valence-electron chi connectivity index (χ3n) is 5.62. The second-order valence-electron chi connectivity index (χ2n) is 7.80. The molecule has 3 rings (SSSR count). The molecule has 0 spiro atoms. The first kappa shape index (κ1) is 22.3. The Hall–Kier alpha value is -1.42. The van der Waals surface area contributed by atoms with E-state index in [1.807, 2.05) is 26.0 Å². The lowest BCUT2D eigenvalue weighted by atomic mass is 10.0.